The first-order valence-electron chi connectivity index (χ1n) is 37.2. The molecule has 0 radical (unpaired) electrons. The molecule has 608 valence electrons. The lowest BCUT2D eigenvalue weighted by molar-refractivity contribution is -0.414. The molecule has 0 aromatic heterocycles. The number of aliphatic hydroxyl groups excluding tert-OH is 12. The van der Waals surface area contributed by atoms with E-state index >= 15 is 0 Å². The Hall–Kier alpha value is -4.39. The van der Waals surface area contributed by atoms with Gasteiger partial charge < -0.3 is 142 Å². The molecule has 34 heteroatoms. The van der Waals surface area contributed by atoms with Crippen molar-refractivity contribution in [3.8, 4) is 0 Å². The smallest absolute Gasteiger partial charge is 0.333 e. The van der Waals surface area contributed by atoms with E-state index in [-0.39, 0.29) is 29.6 Å². The van der Waals surface area contributed by atoms with Crippen molar-refractivity contribution in [2.24, 2.45) is 5.92 Å². The molecular weight excluding hydrogens is 1410 g/mol. The van der Waals surface area contributed by atoms with E-state index in [0.29, 0.717) is 32.1 Å². The minimum Gasteiger partial charge on any atom is -0.459 e. The minimum atomic E-state index is -2.32. The summed E-state index contributed by atoms with van der Waals surface area (Å²) in [6, 6.07) is 0. The molecule has 2 bridgehead atoms. The highest BCUT2D eigenvalue weighted by Gasteiger charge is 2.61. The van der Waals surface area contributed by atoms with E-state index in [1.807, 2.05) is 6.92 Å². The van der Waals surface area contributed by atoms with Gasteiger partial charge in [-0.3, -0.25) is 9.59 Å². The summed E-state index contributed by atoms with van der Waals surface area (Å²) in [7, 11) is 0. The Balaban J connectivity index is 1.39. The zero-order chi connectivity index (χ0) is 78.0. The SMILES string of the molecule is C/C=C(\C)C(=O)OC[C@H]1O[C@@H](O[C@H]2[C@H](OC(=O)/C(C)=C/C)[C@@H](O)[C@H](O[C@@H]3[C@@H](OC(=O)/C(C)=C/C)[C@H](C)O[C@@H](OC4C5OC(CO)C(O)C4OC4OC(CO)C(O)C(O)C4OC(=O)CCCCCCCCC[C@H](CCCCC)OC4OC(C)C(O)C(O)C4O5)[C@@H]3OC(=O)[C@@H](C)CC)O[C@@H]2CO)[C@H](O)[C@@H](O)[C@@H]1O. The number of allylic oxidation sites excluding steroid dienone is 3. The largest absolute Gasteiger partial charge is 0.459 e. The van der Waals surface area contributed by atoms with Gasteiger partial charge in [-0.15, -0.1) is 0 Å². The van der Waals surface area contributed by atoms with Gasteiger partial charge in [-0.1, -0.05) is 96.8 Å². The van der Waals surface area contributed by atoms with Crippen LogP contribution >= 0.6 is 0 Å². The quantitative estimate of drug-likeness (QED) is 0.0280. The van der Waals surface area contributed by atoms with Crippen molar-refractivity contribution in [1.29, 1.82) is 0 Å². The van der Waals surface area contributed by atoms with Crippen LogP contribution in [0.15, 0.2) is 34.9 Å². The second kappa shape index (κ2) is 42.3. The number of esters is 5. The van der Waals surface area contributed by atoms with Crippen LogP contribution in [0.1, 0.15) is 166 Å². The van der Waals surface area contributed by atoms with Crippen molar-refractivity contribution in [1.82, 2.24) is 0 Å². The third-order valence-electron chi connectivity index (χ3n) is 20.6. The van der Waals surface area contributed by atoms with Crippen LogP contribution in [-0.4, -0.2) is 308 Å². The number of aliphatic hydroxyl groups is 12. The molecule has 7 aliphatic heterocycles. The summed E-state index contributed by atoms with van der Waals surface area (Å²) in [4.78, 5) is 69.4. The minimum absolute atomic E-state index is 0.0232. The molecule has 0 aromatic carbocycles. The Kier molecular flexibility index (Phi) is 35.4. The van der Waals surface area contributed by atoms with Gasteiger partial charge in [-0.05, 0) is 81.1 Å². The summed E-state index contributed by atoms with van der Waals surface area (Å²) < 4.78 is 107. The number of ether oxygens (including phenoxy) is 17. The second-order valence-electron chi connectivity index (χ2n) is 28.2. The zero-order valence-electron chi connectivity index (χ0n) is 62.3. The fraction of sp³-hybridized carbons (Fsp3) is 0.847. The van der Waals surface area contributed by atoms with Gasteiger partial charge in [-0.25, -0.2) is 14.4 Å². The van der Waals surface area contributed by atoms with Gasteiger partial charge in [0, 0.05) is 23.1 Å². The van der Waals surface area contributed by atoms with Gasteiger partial charge in [0.2, 0.25) is 0 Å². The molecule has 7 aliphatic rings. The fourth-order valence-corrected chi connectivity index (χ4v) is 13.2. The average molecular weight is 1530 g/mol. The maximum absolute atomic E-state index is 14.7. The summed E-state index contributed by atoms with van der Waals surface area (Å²) in [5, 5.41) is 139. The predicted octanol–water partition coefficient (Wildman–Crippen LogP) is 0.152. The first kappa shape index (κ1) is 88.8. The van der Waals surface area contributed by atoms with Crippen molar-refractivity contribution in [2.75, 3.05) is 26.4 Å². The molecule has 7 rings (SSSR count). The van der Waals surface area contributed by atoms with E-state index < -0.39 is 253 Å². The highest BCUT2D eigenvalue weighted by Crippen LogP contribution is 2.41. The molecule has 0 aromatic rings. The second-order valence-corrected chi connectivity index (χ2v) is 28.2. The molecule has 7 fully saturated rings. The van der Waals surface area contributed by atoms with Gasteiger partial charge in [0.1, 0.15) is 116 Å². The van der Waals surface area contributed by atoms with Crippen molar-refractivity contribution >= 4 is 29.8 Å². The van der Waals surface area contributed by atoms with Gasteiger partial charge in [0.05, 0.1) is 44.1 Å². The monoisotopic (exact) mass is 1520 g/mol. The first-order chi connectivity index (χ1) is 50.5. The Morgan fingerprint density at radius 2 is 0.991 bits per heavy atom. The first-order valence-corrected chi connectivity index (χ1v) is 37.2. The van der Waals surface area contributed by atoms with Gasteiger partial charge >= 0.3 is 29.8 Å². The average Bonchev–Trinajstić information content (AvgIpc) is 0.758. The van der Waals surface area contributed by atoms with Crippen LogP contribution in [-0.2, 0) is 104 Å². The number of unbranched alkanes of at least 4 members (excludes halogenated alkanes) is 2. The van der Waals surface area contributed by atoms with Gasteiger partial charge in [-0.2, -0.15) is 0 Å². The van der Waals surface area contributed by atoms with Gasteiger partial charge in [0.15, 0.2) is 62.2 Å². The molecule has 106 heavy (non-hydrogen) atoms. The van der Waals surface area contributed by atoms with Crippen molar-refractivity contribution in [3.63, 3.8) is 0 Å². The van der Waals surface area contributed by atoms with E-state index in [0.717, 1.165) is 44.9 Å². The van der Waals surface area contributed by atoms with Crippen molar-refractivity contribution in [2.45, 2.75) is 356 Å². The molecule has 7 heterocycles. The van der Waals surface area contributed by atoms with Crippen LogP contribution in [0.4, 0.5) is 0 Å². The van der Waals surface area contributed by atoms with E-state index in [4.69, 9.17) is 80.5 Å². The Bertz CT molecular complexity index is 2840. The summed E-state index contributed by atoms with van der Waals surface area (Å²) in [6.07, 6.45) is -45.6. The fourth-order valence-electron chi connectivity index (χ4n) is 13.2. The maximum atomic E-state index is 14.7. The molecule has 0 amide bonds. The molecule has 0 aliphatic carbocycles. The number of hydrogen-bond acceptors (Lipinski definition) is 34. The Labute approximate surface area is 617 Å². The van der Waals surface area contributed by atoms with E-state index in [1.54, 1.807) is 13.8 Å². The third-order valence-corrected chi connectivity index (χ3v) is 20.6. The van der Waals surface area contributed by atoms with Crippen LogP contribution < -0.4 is 0 Å². The van der Waals surface area contributed by atoms with Crippen LogP contribution in [0, 0.1) is 5.92 Å². The topological polar surface area (TPSA) is 485 Å². The molecule has 15 unspecified atom stereocenters. The predicted molar refractivity (Wildman–Crippen MR) is 362 cm³/mol. The van der Waals surface area contributed by atoms with Crippen LogP contribution in [0.2, 0.25) is 0 Å². The number of rotatable bonds is 23. The summed E-state index contributed by atoms with van der Waals surface area (Å²) in [5.74, 6) is -5.76. The lowest BCUT2D eigenvalue weighted by atomic mass is 9.94. The van der Waals surface area contributed by atoms with E-state index in [1.165, 1.54) is 73.6 Å². The molecular formula is C72H116O34. The lowest BCUT2D eigenvalue weighted by Gasteiger charge is -2.52. The third kappa shape index (κ3) is 22.5. The molecule has 32 atom stereocenters. The van der Waals surface area contributed by atoms with Crippen molar-refractivity contribution in [3.05, 3.63) is 34.9 Å². The normalized spacial score (nSPS) is 41.2. The van der Waals surface area contributed by atoms with Gasteiger partial charge in [0.25, 0.3) is 0 Å². The molecule has 12 N–H and O–H groups in total. The molecule has 7 saturated heterocycles. The lowest BCUT2D eigenvalue weighted by Crippen LogP contribution is -2.70. The summed E-state index contributed by atoms with van der Waals surface area (Å²) in [5.41, 5.74) is 0.161. The van der Waals surface area contributed by atoms with Crippen molar-refractivity contribution < 1.29 is 166 Å². The van der Waals surface area contributed by atoms with Crippen LogP contribution in [0.25, 0.3) is 0 Å². The number of hydrogen-bond donors (Lipinski definition) is 12. The zero-order valence-corrected chi connectivity index (χ0v) is 62.3. The molecule has 34 nitrogen and oxygen atoms in total. The summed E-state index contributed by atoms with van der Waals surface area (Å²) >= 11 is 0. The molecule has 0 saturated carbocycles. The number of carbonyl (C=O) groups excluding carboxylic acids is 5. The van der Waals surface area contributed by atoms with Crippen LogP contribution in [0.5, 0.6) is 0 Å². The number of fused-ring (bicyclic) bond motifs is 4. The summed E-state index contributed by atoms with van der Waals surface area (Å²) in [6.45, 7) is 13.1. The van der Waals surface area contributed by atoms with E-state index in [2.05, 4.69) is 0 Å². The van der Waals surface area contributed by atoms with Crippen LogP contribution in [0.3, 0.4) is 0 Å². The Morgan fingerprint density at radius 1 is 0.462 bits per heavy atom. The highest BCUT2D eigenvalue weighted by molar-refractivity contribution is 5.88. The highest BCUT2D eigenvalue weighted by atomic mass is 16.8. The number of carbonyl (C=O) groups is 5. The standard InChI is InChI=1S/C72H116O34/c1-12-17-23-26-39-27-24-21-19-18-20-22-25-28-44(76)98-58-51(83)46(78)40(29-73)94-70(58)103-56-48(80)41(30-74)95-72(104-59-50(82)45(77)37(10)91-69(59)93-39)61(56)106-71-62(101-66(89)36(9)16-5)60(54(38(11)92-71)99-64(87)34(7)14-3)105-68-53(85)57(100-65(88)35(8)15-4)55(42(31-75)96-68)102-67-52(84)49(81)47(79)43(97-67)32-90-63(86)33(6)13-2/h13-15,36-43,45-62,67-75,77-85H,12,16-32H2,1-11H3/b33-13+,34-14+,35-15+/t36-,37?,38-,39-,40?,41?,42+,43+,45?,46?,47+,48?,49-,50?,51?,52+,53+,54-,55+,56?,57+,58?,59?,60+,61?,62+,67-,68-,69?,70?,71-,72?/m0/s1. The molecule has 0 spiro atoms. The Morgan fingerprint density at radius 3 is 1.61 bits per heavy atom. The van der Waals surface area contributed by atoms with E-state index in [9.17, 15) is 85.3 Å². The maximum Gasteiger partial charge on any atom is 0.333 e.